The van der Waals surface area contributed by atoms with E-state index in [-0.39, 0.29) is 5.75 Å². The van der Waals surface area contributed by atoms with Crippen molar-refractivity contribution in [3.63, 3.8) is 0 Å². The second-order valence-corrected chi connectivity index (χ2v) is 4.01. The molecule has 0 saturated carbocycles. The van der Waals surface area contributed by atoms with E-state index in [0.717, 1.165) is 11.8 Å². The molecule has 4 nitrogen and oxygen atoms in total. The topological polar surface area (TPSA) is 66.4 Å². The molecule has 0 heterocycles. The number of hydrogen-bond donors (Lipinski definition) is 2. The largest absolute Gasteiger partial charge is 0.480 e. The van der Waals surface area contributed by atoms with Crippen molar-refractivity contribution < 1.29 is 27.9 Å². The van der Waals surface area contributed by atoms with E-state index in [1.165, 1.54) is 6.92 Å². The third-order valence-electron chi connectivity index (χ3n) is 1.30. The molecular formula is C7H10F3NO3S. The smallest absolute Gasteiger partial charge is 0.405 e. The normalized spacial score (nSPS) is 13.3. The maximum absolute atomic E-state index is 11.6. The van der Waals surface area contributed by atoms with Gasteiger partial charge < -0.3 is 10.4 Å². The summed E-state index contributed by atoms with van der Waals surface area (Å²) < 4.78 is 34.9. The van der Waals surface area contributed by atoms with E-state index in [0.29, 0.717) is 0 Å². The minimum Gasteiger partial charge on any atom is -0.480 e. The molecule has 1 atom stereocenters. The van der Waals surface area contributed by atoms with Crippen LogP contribution in [0.1, 0.15) is 6.92 Å². The van der Waals surface area contributed by atoms with Crippen LogP contribution in [0.2, 0.25) is 0 Å². The third kappa shape index (κ3) is 8.10. The monoisotopic (exact) mass is 245 g/mol. The summed E-state index contributed by atoms with van der Waals surface area (Å²) in [6, 6.07) is 0. The molecule has 88 valence electrons. The first-order valence-corrected chi connectivity index (χ1v) is 4.95. The quantitative estimate of drug-likeness (QED) is 0.754. The number of carbonyl (C=O) groups is 2. The van der Waals surface area contributed by atoms with Gasteiger partial charge in [-0.1, -0.05) is 0 Å². The number of halogens is 3. The van der Waals surface area contributed by atoms with Crippen LogP contribution < -0.4 is 5.32 Å². The zero-order valence-corrected chi connectivity index (χ0v) is 8.61. The highest BCUT2D eigenvalue weighted by atomic mass is 32.2. The summed E-state index contributed by atoms with van der Waals surface area (Å²) >= 11 is 0.764. The first-order valence-electron chi connectivity index (χ1n) is 3.90. The van der Waals surface area contributed by atoms with Gasteiger partial charge in [0.2, 0.25) is 5.91 Å². The number of rotatable bonds is 5. The Bertz CT molecular complexity index is 244. The molecule has 2 N–H and O–H groups in total. The van der Waals surface area contributed by atoms with Crippen LogP contribution in [0.4, 0.5) is 13.2 Å². The molecule has 0 aliphatic heterocycles. The standard InChI is InChI=1S/C7H10F3NO3S/c1-4(6(13)14)15-2-5(12)11-3-7(8,9)10/h4H,2-3H2,1H3,(H,11,12)(H,13,14). The van der Waals surface area contributed by atoms with Crippen LogP contribution >= 0.6 is 11.8 Å². The molecule has 15 heavy (non-hydrogen) atoms. The fraction of sp³-hybridized carbons (Fsp3) is 0.714. The van der Waals surface area contributed by atoms with E-state index in [4.69, 9.17) is 5.11 Å². The van der Waals surface area contributed by atoms with Crippen LogP contribution in [0.25, 0.3) is 0 Å². The Balaban J connectivity index is 3.72. The SMILES string of the molecule is CC(SCC(=O)NCC(F)(F)F)C(=O)O. The van der Waals surface area contributed by atoms with Crippen LogP contribution in [0, 0.1) is 0 Å². The van der Waals surface area contributed by atoms with Gasteiger partial charge in [-0.15, -0.1) is 11.8 Å². The first kappa shape index (κ1) is 14.1. The fourth-order valence-corrected chi connectivity index (χ4v) is 1.17. The number of carbonyl (C=O) groups excluding carboxylic acids is 1. The molecule has 1 unspecified atom stereocenters. The maximum Gasteiger partial charge on any atom is 0.405 e. The molecule has 0 saturated heterocycles. The van der Waals surface area contributed by atoms with Crippen molar-refractivity contribution >= 4 is 23.6 Å². The summed E-state index contributed by atoms with van der Waals surface area (Å²) in [6.45, 7) is -0.0438. The lowest BCUT2D eigenvalue weighted by molar-refractivity contribution is -0.137. The first-order chi connectivity index (χ1) is 6.72. The summed E-state index contributed by atoms with van der Waals surface area (Å²) in [6.07, 6.45) is -4.45. The zero-order chi connectivity index (χ0) is 12.1. The number of carboxylic acid groups (broad SMARTS) is 1. The van der Waals surface area contributed by atoms with Gasteiger partial charge >= 0.3 is 12.1 Å². The van der Waals surface area contributed by atoms with Gasteiger partial charge in [0.05, 0.1) is 11.0 Å². The number of carboxylic acids is 1. The molecule has 0 bridgehead atoms. The van der Waals surface area contributed by atoms with Crippen molar-refractivity contribution in [2.75, 3.05) is 12.3 Å². The van der Waals surface area contributed by atoms with Crippen molar-refractivity contribution in [2.24, 2.45) is 0 Å². The van der Waals surface area contributed by atoms with Gasteiger partial charge in [0, 0.05) is 0 Å². The molecule has 0 aromatic rings. The number of alkyl halides is 3. The van der Waals surface area contributed by atoms with Crippen LogP contribution in [-0.4, -0.2) is 40.7 Å². The summed E-state index contributed by atoms with van der Waals surface area (Å²) in [5.74, 6) is -2.24. The van der Waals surface area contributed by atoms with Crippen LogP contribution in [0.5, 0.6) is 0 Å². The molecule has 0 aliphatic rings. The number of thioether (sulfide) groups is 1. The van der Waals surface area contributed by atoms with Gasteiger partial charge in [-0.05, 0) is 6.92 Å². The average Bonchev–Trinajstić information content (AvgIpc) is 2.09. The summed E-state index contributed by atoms with van der Waals surface area (Å²) in [5, 5.41) is 9.24. The molecule has 0 aromatic carbocycles. The molecule has 0 spiro atoms. The minimum absolute atomic E-state index is 0.302. The van der Waals surface area contributed by atoms with Gasteiger partial charge in [0.15, 0.2) is 0 Å². The van der Waals surface area contributed by atoms with Gasteiger partial charge in [0.25, 0.3) is 0 Å². The molecule has 8 heteroatoms. The zero-order valence-electron chi connectivity index (χ0n) is 7.80. The van der Waals surface area contributed by atoms with Gasteiger partial charge in [0.1, 0.15) is 6.54 Å². The van der Waals surface area contributed by atoms with E-state index < -0.39 is 29.8 Å². The average molecular weight is 245 g/mol. The molecule has 0 rings (SSSR count). The van der Waals surface area contributed by atoms with Crippen molar-refractivity contribution in [1.82, 2.24) is 5.32 Å². The van der Waals surface area contributed by atoms with E-state index in [2.05, 4.69) is 0 Å². The molecular weight excluding hydrogens is 235 g/mol. The predicted molar refractivity (Wildman–Crippen MR) is 48.6 cm³/mol. The van der Waals surface area contributed by atoms with E-state index in [1.54, 1.807) is 5.32 Å². The van der Waals surface area contributed by atoms with Gasteiger partial charge in [-0.2, -0.15) is 13.2 Å². The van der Waals surface area contributed by atoms with Crippen LogP contribution in [0.3, 0.4) is 0 Å². The molecule has 0 radical (unpaired) electrons. The number of hydrogen-bond acceptors (Lipinski definition) is 3. The lowest BCUT2D eigenvalue weighted by Gasteiger charge is -2.09. The Kier molecular flexibility index (Phi) is 5.48. The molecule has 0 aromatic heterocycles. The van der Waals surface area contributed by atoms with Crippen molar-refractivity contribution in [3.05, 3.63) is 0 Å². The maximum atomic E-state index is 11.6. The van der Waals surface area contributed by atoms with Crippen molar-refractivity contribution in [2.45, 2.75) is 18.3 Å². The van der Waals surface area contributed by atoms with E-state index >= 15 is 0 Å². The molecule has 0 fully saturated rings. The minimum atomic E-state index is -4.45. The van der Waals surface area contributed by atoms with E-state index in [1.807, 2.05) is 0 Å². The Labute approximate surface area is 88.2 Å². The fourth-order valence-electron chi connectivity index (χ4n) is 0.522. The summed E-state index contributed by atoms with van der Waals surface area (Å²) in [5.41, 5.74) is 0. The van der Waals surface area contributed by atoms with Crippen LogP contribution in [0.15, 0.2) is 0 Å². The Morgan fingerprint density at radius 1 is 1.47 bits per heavy atom. The highest BCUT2D eigenvalue weighted by Crippen LogP contribution is 2.13. The molecule has 1 amide bonds. The Morgan fingerprint density at radius 3 is 2.40 bits per heavy atom. The Morgan fingerprint density at radius 2 is 2.00 bits per heavy atom. The van der Waals surface area contributed by atoms with Crippen molar-refractivity contribution in [1.29, 1.82) is 0 Å². The highest BCUT2D eigenvalue weighted by Gasteiger charge is 2.27. The van der Waals surface area contributed by atoms with Gasteiger partial charge in [-0.25, -0.2) is 0 Å². The lowest BCUT2D eigenvalue weighted by Crippen LogP contribution is -2.35. The predicted octanol–water partition coefficient (Wildman–Crippen LogP) is 0.871. The van der Waals surface area contributed by atoms with E-state index in [9.17, 15) is 22.8 Å². The summed E-state index contributed by atoms with van der Waals surface area (Å²) in [7, 11) is 0. The van der Waals surface area contributed by atoms with Gasteiger partial charge in [-0.3, -0.25) is 9.59 Å². The lowest BCUT2D eigenvalue weighted by atomic mass is 10.5. The third-order valence-corrected chi connectivity index (χ3v) is 2.43. The van der Waals surface area contributed by atoms with Crippen LogP contribution in [-0.2, 0) is 9.59 Å². The number of amides is 1. The second kappa shape index (κ2) is 5.84. The second-order valence-electron chi connectivity index (χ2n) is 2.68. The Hall–Kier alpha value is -0.920. The highest BCUT2D eigenvalue weighted by molar-refractivity contribution is 8.01. The number of aliphatic carboxylic acids is 1. The van der Waals surface area contributed by atoms with Crippen molar-refractivity contribution in [3.8, 4) is 0 Å². The summed E-state index contributed by atoms with van der Waals surface area (Å²) in [4.78, 5) is 21.1. The number of nitrogens with one attached hydrogen (secondary N) is 1. The molecule has 0 aliphatic carbocycles.